The first-order valence-corrected chi connectivity index (χ1v) is 8.37. The Labute approximate surface area is 138 Å². The number of carbonyl (C=O) groups excluding carboxylic acids is 1. The monoisotopic (exact) mass is 323 g/mol. The van der Waals surface area contributed by atoms with E-state index < -0.39 is 0 Å². The first-order valence-electron chi connectivity index (χ1n) is 8.37. The zero-order chi connectivity index (χ0) is 16.7. The second-order valence-corrected chi connectivity index (χ2v) is 6.31. The number of nitrogens with one attached hydrogen (secondary N) is 2. The van der Waals surface area contributed by atoms with E-state index in [2.05, 4.69) is 40.5 Å². The molecule has 2 amide bonds. The lowest BCUT2D eigenvalue weighted by Crippen LogP contribution is -2.44. The van der Waals surface area contributed by atoms with Crippen LogP contribution < -0.4 is 10.6 Å². The van der Waals surface area contributed by atoms with E-state index in [0.717, 1.165) is 50.8 Å². The molecule has 0 unspecified atom stereocenters. The van der Waals surface area contributed by atoms with E-state index in [9.17, 15) is 4.79 Å². The average molecular weight is 323 g/mol. The van der Waals surface area contributed by atoms with E-state index in [-0.39, 0.29) is 6.03 Å². The van der Waals surface area contributed by atoms with Gasteiger partial charge in [-0.1, -0.05) is 6.92 Å². The van der Waals surface area contributed by atoms with Crippen molar-refractivity contribution in [3.05, 3.63) is 17.5 Å². The summed E-state index contributed by atoms with van der Waals surface area (Å²) in [6.07, 6.45) is 0. The molecule has 0 saturated carbocycles. The van der Waals surface area contributed by atoms with Gasteiger partial charge < -0.3 is 15.4 Å². The predicted octanol–water partition coefficient (Wildman–Crippen LogP) is 0.767. The number of morpholine rings is 1. The van der Waals surface area contributed by atoms with Crippen molar-refractivity contribution in [2.45, 2.75) is 27.3 Å². The van der Waals surface area contributed by atoms with Crippen LogP contribution in [0.25, 0.3) is 0 Å². The summed E-state index contributed by atoms with van der Waals surface area (Å²) < 4.78 is 7.30. The molecule has 1 atom stereocenters. The third-order valence-corrected chi connectivity index (χ3v) is 4.02. The largest absolute Gasteiger partial charge is 0.379 e. The van der Waals surface area contributed by atoms with Gasteiger partial charge in [0.25, 0.3) is 0 Å². The Hall–Kier alpha value is -1.60. The van der Waals surface area contributed by atoms with Crippen molar-refractivity contribution in [1.82, 2.24) is 25.3 Å². The van der Waals surface area contributed by atoms with Crippen molar-refractivity contribution in [2.24, 2.45) is 5.92 Å². The van der Waals surface area contributed by atoms with Gasteiger partial charge in [-0.3, -0.25) is 9.58 Å². The molecule has 2 heterocycles. The van der Waals surface area contributed by atoms with Crippen molar-refractivity contribution < 1.29 is 9.53 Å². The SMILES string of the molecule is Cc1cc(C)n(C[C@@H](C)CNC(=O)NCCN2CCOCC2)n1. The molecule has 1 aliphatic heterocycles. The number of nitrogens with zero attached hydrogens (tertiary/aromatic N) is 3. The summed E-state index contributed by atoms with van der Waals surface area (Å²) in [5, 5.41) is 10.3. The zero-order valence-electron chi connectivity index (χ0n) is 14.5. The number of amides is 2. The van der Waals surface area contributed by atoms with Gasteiger partial charge in [0.05, 0.1) is 18.9 Å². The van der Waals surface area contributed by atoms with Crippen LogP contribution in [0.15, 0.2) is 6.07 Å². The number of urea groups is 1. The van der Waals surface area contributed by atoms with Crippen LogP contribution >= 0.6 is 0 Å². The van der Waals surface area contributed by atoms with Gasteiger partial charge in [-0.25, -0.2) is 4.79 Å². The van der Waals surface area contributed by atoms with Crippen LogP contribution in [0.2, 0.25) is 0 Å². The number of aromatic nitrogens is 2. The number of rotatable bonds is 7. The van der Waals surface area contributed by atoms with Gasteiger partial charge in [0.1, 0.15) is 0 Å². The van der Waals surface area contributed by atoms with Crippen molar-refractivity contribution in [3.8, 4) is 0 Å². The number of hydrogen-bond donors (Lipinski definition) is 2. The van der Waals surface area contributed by atoms with E-state index in [0.29, 0.717) is 19.0 Å². The molecule has 2 N–H and O–H groups in total. The van der Waals surface area contributed by atoms with E-state index in [1.165, 1.54) is 0 Å². The molecule has 1 aromatic rings. The fraction of sp³-hybridized carbons (Fsp3) is 0.750. The van der Waals surface area contributed by atoms with E-state index >= 15 is 0 Å². The third kappa shape index (κ3) is 6.19. The fourth-order valence-electron chi connectivity index (χ4n) is 2.70. The molecule has 23 heavy (non-hydrogen) atoms. The average Bonchev–Trinajstić information content (AvgIpc) is 2.84. The smallest absolute Gasteiger partial charge is 0.314 e. The van der Waals surface area contributed by atoms with Gasteiger partial charge in [-0.15, -0.1) is 0 Å². The Balaban J connectivity index is 1.59. The van der Waals surface area contributed by atoms with Crippen molar-refractivity contribution in [2.75, 3.05) is 45.9 Å². The molecule has 7 heteroatoms. The molecule has 0 radical (unpaired) electrons. The van der Waals surface area contributed by atoms with E-state index in [1.54, 1.807) is 0 Å². The van der Waals surface area contributed by atoms with Crippen LogP contribution in [-0.4, -0.2) is 66.6 Å². The maximum Gasteiger partial charge on any atom is 0.314 e. The topological polar surface area (TPSA) is 71.4 Å². The summed E-state index contributed by atoms with van der Waals surface area (Å²) in [5.41, 5.74) is 2.19. The van der Waals surface area contributed by atoms with Crippen LogP contribution in [0, 0.1) is 19.8 Å². The summed E-state index contributed by atoms with van der Waals surface area (Å²) in [6, 6.07) is 1.97. The minimum absolute atomic E-state index is 0.0986. The highest BCUT2D eigenvalue weighted by Crippen LogP contribution is 2.05. The van der Waals surface area contributed by atoms with Crippen molar-refractivity contribution in [3.63, 3.8) is 0 Å². The van der Waals surface area contributed by atoms with E-state index in [4.69, 9.17) is 4.74 Å². The van der Waals surface area contributed by atoms with Gasteiger partial charge in [-0.2, -0.15) is 5.10 Å². The number of aryl methyl sites for hydroxylation is 2. The van der Waals surface area contributed by atoms with E-state index in [1.807, 2.05) is 11.6 Å². The highest BCUT2D eigenvalue weighted by Gasteiger charge is 2.11. The molecule has 0 aliphatic carbocycles. The highest BCUT2D eigenvalue weighted by molar-refractivity contribution is 5.73. The van der Waals surface area contributed by atoms with Crippen LogP contribution in [-0.2, 0) is 11.3 Å². The van der Waals surface area contributed by atoms with Gasteiger partial charge >= 0.3 is 6.03 Å². The van der Waals surface area contributed by atoms with Gasteiger partial charge in [0.15, 0.2) is 0 Å². The number of ether oxygens (including phenoxy) is 1. The summed E-state index contributed by atoms with van der Waals surface area (Å²) in [5.74, 6) is 0.331. The standard InChI is InChI=1S/C16H29N5O2/c1-13(12-21-15(3)10-14(2)19-21)11-18-16(22)17-4-5-20-6-8-23-9-7-20/h10,13H,4-9,11-12H2,1-3H3,(H2,17,18,22)/t13-/m0/s1. The minimum Gasteiger partial charge on any atom is -0.379 e. The van der Waals surface area contributed by atoms with Crippen LogP contribution in [0.3, 0.4) is 0 Å². The summed E-state index contributed by atoms with van der Waals surface area (Å²) in [4.78, 5) is 14.1. The Bertz CT molecular complexity index is 497. The second-order valence-electron chi connectivity index (χ2n) is 6.31. The molecule has 7 nitrogen and oxygen atoms in total. The molecule has 1 aromatic heterocycles. The molecular formula is C16H29N5O2. The minimum atomic E-state index is -0.0986. The molecule has 0 spiro atoms. The summed E-state index contributed by atoms with van der Waals surface area (Å²) in [6.45, 7) is 12.6. The van der Waals surface area contributed by atoms with Crippen LogP contribution in [0.5, 0.6) is 0 Å². The second kappa shape index (κ2) is 8.88. The molecule has 1 saturated heterocycles. The Morgan fingerprint density at radius 1 is 1.35 bits per heavy atom. The third-order valence-electron chi connectivity index (χ3n) is 4.02. The number of hydrogen-bond acceptors (Lipinski definition) is 4. The zero-order valence-corrected chi connectivity index (χ0v) is 14.5. The molecular weight excluding hydrogens is 294 g/mol. The van der Waals surface area contributed by atoms with Crippen LogP contribution in [0.1, 0.15) is 18.3 Å². The normalized spacial score (nSPS) is 17.0. The lowest BCUT2D eigenvalue weighted by atomic mass is 10.2. The van der Waals surface area contributed by atoms with Gasteiger partial charge in [0, 0.05) is 45.0 Å². The lowest BCUT2D eigenvalue weighted by molar-refractivity contribution is 0.0387. The quantitative estimate of drug-likeness (QED) is 0.777. The molecule has 0 bridgehead atoms. The van der Waals surface area contributed by atoms with Gasteiger partial charge in [-0.05, 0) is 25.8 Å². The molecule has 0 aromatic carbocycles. The predicted molar refractivity (Wildman–Crippen MR) is 89.5 cm³/mol. The molecule has 2 rings (SSSR count). The summed E-state index contributed by atoms with van der Waals surface area (Å²) in [7, 11) is 0. The first-order chi connectivity index (χ1) is 11.0. The Morgan fingerprint density at radius 2 is 2.09 bits per heavy atom. The van der Waals surface area contributed by atoms with Crippen molar-refractivity contribution in [1.29, 1.82) is 0 Å². The van der Waals surface area contributed by atoms with Crippen LogP contribution in [0.4, 0.5) is 4.79 Å². The molecule has 1 fully saturated rings. The Morgan fingerprint density at radius 3 is 2.74 bits per heavy atom. The summed E-state index contributed by atoms with van der Waals surface area (Å²) >= 11 is 0. The van der Waals surface area contributed by atoms with Crippen molar-refractivity contribution >= 4 is 6.03 Å². The van der Waals surface area contributed by atoms with Gasteiger partial charge in [0.2, 0.25) is 0 Å². The first kappa shape index (κ1) is 17.7. The highest BCUT2D eigenvalue weighted by atomic mass is 16.5. The maximum absolute atomic E-state index is 11.8. The Kier molecular flexibility index (Phi) is 6.85. The number of carbonyl (C=O) groups is 1. The fourth-order valence-corrected chi connectivity index (χ4v) is 2.70. The lowest BCUT2D eigenvalue weighted by Gasteiger charge is -2.26. The maximum atomic E-state index is 11.8. The molecule has 130 valence electrons. The molecule has 1 aliphatic rings.